The van der Waals surface area contributed by atoms with Crippen LogP contribution in [0, 0.1) is 41.5 Å². The number of hydrogen-bond donors (Lipinski definition) is 0. The van der Waals surface area contributed by atoms with E-state index in [2.05, 4.69) is 112 Å². The molecule has 2 unspecified atom stereocenters. The van der Waals surface area contributed by atoms with Crippen molar-refractivity contribution in [2.75, 3.05) is 22.9 Å². The summed E-state index contributed by atoms with van der Waals surface area (Å²) in [5.74, 6) is 4.07. The van der Waals surface area contributed by atoms with Crippen molar-refractivity contribution in [1.29, 1.82) is 0 Å². The molecule has 3 aromatic rings. The summed E-state index contributed by atoms with van der Waals surface area (Å²) >= 11 is 16.6. The fourth-order valence-corrected chi connectivity index (χ4v) is 19.3. The summed E-state index contributed by atoms with van der Waals surface area (Å²) in [6, 6.07) is 20.6. The lowest BCUT2D eigenvalue weighted by Crippen LogP contribution is -2.39. The Morgan fingerprint density at radius 1 is 0.688 bits per heavy atom. The Bertz CT molecular complexity index is 1630. The summed E-state index contributed by atoms with van der Waals surface area (Å²) in [6.45, 7) is 13.5. The van der Waals surface area contributed by atoms with Gasteiger partial charge < -0.3 is 9.80 Å². The van der Waals surface area contributed by atoms with Crippen molar-refractivity contribution in [3.8, 4) is 0 Å². The lowest BCUT2D eigenvalue weighted by atomic mass is 10.0. The summed E-state index contributed by atoms with van der Waals surface area (Å²) in [5, 5.41) is -0.219. The average molecular weight is 702 g/mol. The molecule has 0 amide bonds. The van der Waals surface area contributed by atoms with Crippen molar-refractivity contribution >= 4 is 47.3 Å². The van der Waals surface area contributed by atoms with Crippen LogP contribution >= 0.6 is 30.1 Å². The molecule has 0 spiro atoms. The molecule has 256 valence electrons. The van der Waals surface area contributed by atoms with E-state index in [1.165, 1.54) is 113 Å². The molecule has 2 nitrogen and oxygen atoms in total. The maximum absolute atomic E-state index is 8.50. The summed E-state index contributed by atoms with van der Waals surface area (Å²) in [5.41, 5.74) is 14.7. The topological polar surface area (TPSA) is 6.48 Å². The van der Waals surface area contributed by atoms with Crippen LogP contribution in [0.1, 0.15) is 103 Å². The van der Waals surface area contributed by atoms with E-state index in [-0.39, 0.29) is 5.38 Å². The molecule has 7 rings (SSSR count). The molecule has 3 aliphatic carbocycles. The Balaban J connectivity index is 1.46. The zero-order valence-corrected chi connectivity index (χ0v) is 32.5. The lowest BCUT2D eigenvalue weighted by Gasteiger charge is -2.50. The highest BCUT2D eigenvalue weighted by molar-refractivity contribution is 7.79. The Kier molecular flexibility index (Phi) is 9.69. The van der Waals surface area contributed by atoms with Crippen LogP contribution in [0.3, 0.4) is 0 Å². The van der Waals surface area contributed by atoms with Crippen LogP contribution in [0.2, 0.25) is 0 Å². The van der Waals surface area contributed by atoms with Crippen LogP contribution in [0.25, 0.3) is 0 Å². The van der Waals surface area contributed by atoms with Gasteiger partial charge in [-0.05, 0) is 125 Å². The van der Waals surface area contributed by atoms with E-state index in [9.17, 15) is 0 Å². The molecule has 4 aliphatic rings. The van der Waals surface area contributed by atoms with Crippen LogP contribution in [0.15, 0.2) is 66.0 Å². The highest BCUT2D eigenvalue weighted by atomic mass is 35.5. The number of rotatable bonds is 6. The Morgan fingerprint density at radius 3 is 1.56 bits per heavy atom. The van der Waals surface area contributed by atoms with Crippen LogP contribution in [-0.2, 0) is 0 Å². The van der Waals surface area contributed by atoms with Crippen molar-refractivity contribution in [1.82, 2.24) is 0 Å². The Labute approximate surface area is 300 Å². The van der Waals surface area contributed by atoms with Gasteiger partial charge in [-0.2, -0.15) is 0 Å². The fraction of sp³-hybridized carbons (Fsp3) is 0.512. The monoisotopic (exact) mass is 700 g/mol. The van der Waals surface area contributed by atoms with Gasteiger partial charge in [0.05, 0.1) is 9.99 Å². The van der Waals surface area contributed by atoms with Gasteiger partial charge in [0.25, 0.3) is 0 Å². The van der Waals surface area contributed by atoms with Gasteiger partial charge in [0.2, 0.25) is 0 Å². The molecule has 4 fully saturated rings. The minimum atomic E-state index is -1.90. The first-order chi connectivity index (χ1) is 23.0. The number of alkyl halides is 2. The van der Waals surface area contributed by atoms with Gasteiger partial charge in [-0.25, -0.2) is 0 Å². The molecule has 1 saturated heterocycles. The predicted molar refractivity (Wildman–Crippen MR) is 214 cm³/mol. The number of halogens is 2. The SMILES string of the molecule is Cc1cc(C)c(N2CCN(c3c(C)cc(C)cc3C)C2=C2CCC(Cl)(P(=Cc3ccccc3)(C3CCCC3)C3CCCC3)C2Cl)c(C)c1. The highest BCUT2D eigenvalue weighted by Gasteiger charge is 2.59. The minimum absolute atomic E-state index is 0.219. The first-order valence-corrected chi connectivity index (χ1v) is 21.4. The smallest absolute Gasteiger partial charge is 0.114 e. The standard InChI is InChI=1S/C43H55Cl2N2P/c1-29-24-31(3)39(32(4)25-29)46-22-23-47(40-33(5)26-30(2)27-34(40)6)42(46)38-20-21-43(45,41(38)44)48(36-16-10-11-17-36,37-18-12-13-19-37)28-35-14-8-7-9-15-35/h7-9,14-15,24-28,36-37,41H,10-13,16-23H2,1-6H3. The van der Waals surface area contributed by atoms with Crippen molar-refractivity contribution in [2.45, 2.75) is 127 Å². The fourth-order valence-electron chi connectivity index (χ4n) is 10.7. The first-order valence-electron chi connectivity index (χ1n) is 18.6. The van der Waals surface area contributed by atoms with E-state index in [1.807, 2.05) is 0 Å². The molecule has 3 saturated carbocycles. The summed E-state index contributed by atoms with van der Waals surface area (Å²) in [4.78, 5) is 5.25. The zero-order chi connectivity index (χ0) is 33.8. The number of anilines is 2. The maximum Gasteiger partial charge on any atom is 0.114 e. The molecular weight excluding hydrogens is 646 g/mol. The molecule has 0 radical (unpaired) electrons. The third kappa shape index (κ3) is 5.71. The van der Waals surface area contributed by atoms with E-state index >= 15 is 0 Å². The molecule has 5 heteroatoms. The molecule has 48 heavy (non-hydrogen) atoms. The van der Waals surface area contributed by atoms with Gasteiger partial charge >= 0.3 is 0 Å². The summed E-state index contributed by atoms with van der Waals surface area (Å²) < 4.78 is -0.453. The van der Waals surface area contributed by atoms with E-state index < -0.39 is 11.5 Å². The van der Waals surface area contributed by atoms with Crippen molar-refractivity contribution in [2.24, 2.45) is 0 Å². The van der Waals surface area contributed by atoms with Gasteiger partial charge in [0.15, 0.2) is 0 Å². The number of hydrogen-bond acceptors (Lipinski definition) is 2. The van der Waals surface area contributed by atoms with Crippen LogP contribution in [0.4, 0.5) is 11.4 Å². The van der Waals surface area contributed by atoms with E-state index in [0.717, 1.165) is 25.9 Å². The third-order valence-corrected chi connectivity index (χ3v) is 20.4. The molecule has 0 N–H and O–H groups in total. The van der Waals surface area contributed by atoms with Gasteiger partial charge in [-0.15, -0.1) is 23.2 Å². The molecule has 0 bridgehead atoms. The third-order valence-electron chi connectivity index (χ3n) is 12.3. The van der Waals surface area contributed by atoms with E-state index in [0.29, 0.717) is 11.3 Å². The Hall–Kier alpha value is -2.12. The molecule has 3 aromatic carbocycles. The lowest BCUT2D eigenvalue weighted by molar-refractivity contribution is 0.740. The maximum atomic E-state index is 8.50. The van der Waals surface area contributed by atoms with Crippen LogP contribution in [0.5, 0.6) is 0 Å². The number of nitrogens with zero attached hydrogens (tertiary/aromatic N) is 2. The van der Waals surface area contributed by atoms with Crippen LogP contribution in [-0.4, -0.2) is 40.2 Å². The predicted octanol–water partition coefficient (Wildman–Crippen LogP) is 12.2. The number of benzene rings is 3. The normalized spacial score (nSPS) is 24.0. The molecule has 0 aromatic heterocycles. The van der Waals surface area contributed by atoms with Gasteiger partial charge in [0, 0.05) is 24.5 Å². The van der Waals surface area contributed by atoms with E-state index in [4.69, 9.17) is 23.2 Å². The average Bonchev–Trinajstić information content (AvgIpc) is 3.86. The number of allylic oxidation sites excluding steroid dienone is 1. The first kappa shape index (κ1) is 34.3. The molecule has 1 aliphatic heterocycles. The van der Waals surface area contributed by atoms with Crippen molar-refractivity contribution in [3.63, 3.8) is 0 Å². The second kappa shape index (κ2) is 13.5. The van der Waals surface area contributed by atoms with Gasteiger partial charge in [-0.3, -0.25) is 0 Å². The van der Waals surface area contributed by atoms with Gasteiger partial charge in [0.1, 0.15) is 5.82 Å². The van der Waals surface area contributed by atoms with E-state index in [1.54, 1.807) is 0 Å². The molecular formula is C43H55Cl2N2P. The van der Waals surface area contributed by atoms with Crippen molar-refractivity contribution < 1.29 is 0 Å². The number of aryl methyl sites for hydroxylation is 6. The van der Waals surface area contributed by atoms with Gasteiger partial charge in [-0.1, -0.05) is 104 Å². The molecule has 2 atom stereocenters. The second-order valence-electron chi connectivity index (χ2n) is 15.6. The largest absolute Gasteiger partial charge is 0.325 e. The highest BCUT2D eigenvalue weighted by Crippen LogP contribution is 2.78. The minimum Gasteiger partial charge on any atom is -0.325 e. The zero-order valence-electron chi connectivity index (χ0n) is 30.1. The quantitative estimate of drug-likeness (QED) is 0.186. The van der Waals surface area contributed by atoms with Crippen LogP contribution < -0.4 is 9.80 Å². The Morgan fingerprint density at radius 2 is 1.12 bits per heavy atom. The second-order valence-corrected chi connectivity index (χ2v) is 21.1. The summed E-state index contributed by atoms with van der Waals surface area (Å²) in [6.07, 6.45) is 12.5. The van der Waals surface area contributed by atoms with Crippen molar-refractivity contribution in [3.05, 3.63) is 105 Å². The summed E-state index contributed by atoms with van der Waals surface area (Å²) in [7, 11) is 0. The molecule has 1 heterocycles.